The van der Waals surface area contributed by atoms with Gasteiger partial charge in [0.15, 0.2) is 5.82 Å². The highest BCUT2D eigenvalue weighted by atomic mass is 35.5. The summed E-state index contributed by atoms with van der Waals surface area (Å²) in [5, 5.41) is 7.11. The van der Waals surface area contributed by atoms with Crippen LogP contribution in [-0.2, 0) is 35.4 Å². The minimum atomic E-state index is -4.49. The topological polar surface area (TPSA) is 86.0 Å². The van der Waals surface area contributed by atoms with Crippen molar-refractivity contribution < 1.29 is 22.8 Å². The highest BCUT2D eigenvalue weighted by molar-refractivity contribution is 6.30. The fourth-order valence-electron chi connectivity index (χ4n) is 2.97. The van der Waals surface area contributed by atoms with Crippen molar-refractivity contribution in [2.75, 3.05) is 0 Å². The lowest BCUT2D eigenvalue weighted by Crippen LogP contribution is -2.34. The van der Waals surface area contributed by atoms with Gasteiger partial charge in [-0.25, -0.2) is 9.48 Å². The third kappa shape index (κ3) is 5.64. The van der Waals surface area contributed by atoms with Crippen molar-refractivity contribution in [1.29, 1.82) is 0 Å². The summed E-state index contributed by atoms with van der Waals surface area (Å²) < 4.78 is 40.5. The minimum absolute atomic E-state index is 0.157. The van der Waals surface area contributed by atoms with Crippen LogP contribution in [0.1, 0.15) is 18.1 Å². The number of nitrogens with one attached hydrogen (secondary N) is 1. The smallest absolute Gasteiger partial charge is 0.350 e. The van der Waals surface area contributed by atoms with E-state index in [0.29, 0.717) is 10.6 Å². The van der Waals surface area contributed by atoms with E-state index in [2.05, 4.69) is 10.4 Å². The van der Waals surface area contributed by atoms with Crippen LogP contribution in [0.4, 0.5) is 13.2 Å². The standard InChI is InChI=1S/C21H18ClF3N4O3/c1-13(30)11-28-19(15-5-7-17(22)8-6-15)27-29(20(28)32)12-18(31)26-10-14-3-2-4-16(9-14)21(23,24)25/h2-9H,10-12H2,1H3,(H,26,31). The van der Waals surface area contributed by atoms with Gasteiger partial charge in [0.25, 0.3) is 0 Å². The van der Waals surface area contributed by atoms with E-state index in [-0.39, 0.29) is 30.3 Å². The van der Waals surface area contributed by atoms with Crippen LogP contribution >= 0.6 is 11.6 Å². The molecule has 32 heavy (non-hydrogen) atoms. The first-order chi connectivity index (χ1) is 15.0. The molecule has 0 radical (unpaired) electrons. The second-order valence-corrected chi connectivity index (χ2v) is 7.47. The second-order valence-electron chi connectivity index (χ2n) is 7.03. The molecule has 0 aliphatic rings. The Kier molecular flexibility index (Phi) is 6.83. The van der Waals surface area contributed by atoms with Gasteiger partial charge in [0, 0.05) is 17.1 Å². The Bertz CT molecular complexity index is 1200. The zero-order chi connectivity index (χ0) is 23.5. The molecule has 0 atom stereocenters. The number of carbonyl (C=O) groups excluding carboxylic acids is 2. The summed E-state index contributed by atoms with van der Waals surface area (Å²) in [6.45, 7) is 0.457. The molecular weight excluding hydrogens is 449 g/mol. The molecule has 0 aliphatic heterocycles. The normalized spacial score (nSPS) is 11.4. The van der Waals surface area contributed by atoms with Gasteiger partial charge in [0.1, 0.15) is 12.3 Å². The van der Waals surface area contributed by atoms with E-state index in [0.717, 1.165) is 21.4 Å². The lowest BCUT2D eigenvalue weighted by atomic mass is 10.1. The third-order valence-corrected chi connectivity index (χ3v) is 4.70. The van der Waals surface area contributed by atoms with E-state index in [1.807, 2.05) is 0 Å². The molecule has 0 saturated heterocycles. The van der Waals surface area contributed by atoms with Crippen LogP contribution in [0.25, 0.3) is 11.4 Å². The maximum Gasteiger partial charge on any atom is 0.416 e. The van der Waals surface area contributed by atoms with Crippen molar-refractivity contribution >= 4 is 23.3 Å². The highest BCUT2D eigenvalue weighted by Gasteiger charge is 2.30. The number of amides is 1. The van der Waals surface area contributed by atoms with E-state index in [9.17, 15) is 27.6 Å². The average Bonchev–Trinajstić information content (AvgIpc) is 3.01. The molecule has 0 fully saturated rings. The number of carbonyl (C=O) groups is 2. The molecule has 3 rings (SSSR count). The fourth-order valence-corrected chi connectivity index (χ4v) is 3.10. The van der Waals surface area contributed by atoms with E-state index in [4.69, 9.17) is 11.6 Å². The summed E-state index contributed by atoms with van der Waals surface area (Å²) in [6.07, 6.45) is -4.49. The van der Waals surface area contributed by atoms with Crippen LogP contribution in [0, 0.1) is 0 Å². The van der Waals surface area contributed by atoms with Crippen molar-refractivity contribution in [3.63, 3.8) is 0 Å². The monoisotopic (exact) mass is 466 g/mol. The van der Waals surface area contributed by atoms with Gasteiger partial charge in [-0.3, -0.25) is 14.2 Å². The first-order valence-electron chi connectivity index (χ1n) is 9.40. The largest absolute Gasteiger partial charge is 0.416 e. The van der Waals surface area contributed by atoms with Crippen LogP contribution in [0.15, 0.2) is 53.3 Å². The molecule has 1 N–H and O–H groups in total. The number of alkyl halides is 3. The van der Waals surface area contributed by atoms with E-state index in [1.54, 1.807) is 24.3 Å². The lowest BCUT2D eigenvalue weighted by molar-refractivity contribution is -0.137. The molecule has 0 spiro atoms. The lowest BCUT2D eigenvalue weighted by Gasteiger charge is -2.09. The maximum atomic E-state index is 12.8. The van der Waals surface area contributed by atoms with Crippen LogP contribution in [0.3, 0.4) is 0 Å². The van der Waals surface area contributed by atoms with Crippen molar-refractivity contribution in [2.45, 2.75) is 32.7 Å². The van der Waals surface area contributed by atoms with Gasteiger partial charge >= 0.3 is 11.9 Å². The molecule has 1 aromatic heterocycles. The van der Waals surface area contributed by atoms with Crippen molar-refractivity contribution in [3.05, 3.63) is 75.2 Å². The van der Waals surface area contributed by atoms with Gasteiger partial charge in [-0.05, 0) is 48.9 Å². The molecule has 3 aromatic rings. The molecule has 0 aliphatic carbocycles. The summed E-state index contributed by atoms with van der Waals surface area (Å²) in [5.74, 6) is -0.719. The quantitative estimate of drug-likeness (QED) is 0.579. The number of rotatable bonds is 7. The van der Waals surface area contributed by atoms with Gasteiger partial charge in [-0.15, -0.1) is 5.10 Å². The molecule has 1 amide bonds. The van der Waals surface area contributed by atoms with Crippen LogP contribution < -0.4 is 11.0 Å². The average molecular weight is 467 g/mol. The number of halogens is 4. The maximum absolute atomic E-state index is 12.8. The predicted molar refractivity (Wildman–Crippen MR) is 111 cm³/mol. The summed E-state index contributed by atoms with van der Waals surface area (Å²) in [5.41, 5.74) is -0.712. The molecule has 2 aromatic carbocycles. The Morgan fingerprint density at radius 2 is 1.78 bits per heavy atom. The molecule has 168 valence electrons. The molecular formula is C21H18ClF3N4O3. The molecule has 1 heterocycles. The Labute approximate surface area is 185 Å². The van der Waals surface area contributed by atoms with Crippen LogP contribution in [-0.4, -0.2) is 26.0 Å². The molecule has 7 nitrogen and oxygen atoms in total. The Hall–Kier alpha value is -3.40. The molecule has 11 heteroatoms. The number of hydrogen-bond acceptors (Lipinski definition) is 4. The van der Waals surface area contributed by atoms with Crippen molar-refractivity contribution in [1.82, 2.24) is 19.7 Å². The molecule has 0 bridgehead atoms. The number of aromatic nitrogens is 3. The number of nitrogens with zero attached hydrogens (tertiary/aromatic N) is 3. The molecule has 0 unspecified atom stereocenters. The van der Waals surface area contributed by atoms with Crippen molar-refractivity contribution in [3.8, 4) is 11.4 Å². The Morgan fingerprint density at radius 1 is 1.09 bits per heavy atom. The first kappa shape index (κ1) is 23.3. The third-order valence-electron chi connectivity index (χ3n) is 4.44. The zero-order valence-corrected chi connectivity index (χ0v) is 17.6. The van der Waals surface area contributed by atoms with Crippen molar-refractivity contribution in [2.24, 2.45) is 0 Å². The Morgan fingerprint density at radius 3 is 2.41 bits per heavy atom. The van der Waals surface area contributed by atoms with E-state index >= 15 is 0 Å². The van der Waals surface area contributed by atoms with Crippen LogP contribution in [0.2, 0.25) is 5.02 Å². The fraction of sp³-hybridized carbons (Fsp3) is 0.238. The molecule has 0 saturated carbocycles. The minimum Gasteiger partial charge on any atom is -0.350 e. The SMILES string of the molecule is CC(=O)Cn1c(-c2ccc(Cl)cc2)nn(CC(=O)NCc2cccc(C(F)(F)F)c2)c1=O. The van der Waals surface area contributed by atoms with E-state index in [1.165, 1.54) is 19.1 Å². The predicted octanol–water partition coefficient (Wildman–Crippen LogP) is 3.29. The van der Waals surface area contributed by atoms with Gasteiger partial charge in [0.05, 0.1) is 12.1 Å². The first-order valence-corrected chi connectivity index (χ1v) is 9.78. The van der Waals surface area contributed by atoms with Gasteiger partial charge < -0.3 is 5.32 Å². The van der Waals surface area contributed by atoms with Gasteiger partial charge in [0.2, 0.25) is 5.91 Å². The van der Waals surface area contributed by atoms with E-state index < -0.39 is 29.9 Å². The second kappa shape index (κ2) is 9.39. The number of benzene rings is 2. The Balaban J connectivity index is 1.78. The van der Waals surface area contributed by atoms with Gasteiger partial charge in [-0.1, -0.05) is 23.7 Å². The number of Topliss-reactive ketones (excluding diaryl/α,β-unsaturated/α-hetero) is 1. The highest BCUT2D eigenvalue weighted by Crippen LogP contribution is 2.29. The summed E-state index contributed by atoms with van der Waals surface area (Å²) in [7, 11) is 0. The summed E-state index contributed by atoms with van der Waals surface area (Å²) in [4.78, 5) is 36.6. The summed E-state index contributed by atoms with van der Waals surface area (Å²) in [6, 6.07) is 11.0. The zero-order valence-electron chi connectivity index (χ0n) is 16.8. The van der Waals surface area contributed by atoms with Crippen LogP contribution in [0.5, 0.6) is 0 Å². The number of hydrogen-bond donors (Lipinski definition) is 1. The summed E-state index contributed by atoms with van der Waals surface area (Å²) >= 11 is 5.88. The van der Waals surface area contributed by atoms with Gasteiger partial charge in [-0.2, -0.15) is 13.2 Å². The number of ketones is 1.